The summed E-state index contributed by atoms with van der Waals surface area (Å²) < 4.78 is 40.2. The topological polar surface area (TPSA) is 46.5 Å². The molecule has 0 radical (unpaired) electrons. The number of carboxylic acid groups (broad SMARTS) is 1. The Balaban J connectivity index is 2.77. The molecule has 98 valence electrons. The van der Waals surface area contributed by atoms with Gasteiger partial charge in [0.1, 0.15) is 5.75 Å². The van der Waals surface area contributed by atoms with Gasteiger partial charge in [-0.25, -0.2) is 4.79 Å². The molecule has 0 atom stereocenters. The predicted molar refractivity (Wildman–Crippen MR) is 59.7 cm³/mol. The lowest BCUT2D eigenvalue weighted by Crippen LogP contribution is -2.19. The van der Waals surface area contributed by atoms with Gasteiger partial charge in [0.25, 0.3) is 0 Å². The van der Waals surface area contributed by atoms with Crippen molar-refractivity contribution in [2.45, 2.75) is 6.18 Å². The van der Waals surface area contributed by atoms with Gasteiger partial charge in [-0.15, -0.1) is 0 Å². The van der Waals surface area contributed by atoms with Crippen LogP contribution in [0, 0.1) is 0 Å². The second kappa shape index (κ2) is 5.77. The van der Waals surface area contributed by atoms with Crippen molar-refractivity contribution in [1.82, 2.24) is 0 Å². The molecule has 0 saturated carbocycles. The van der Waals surface area contributed by atoms with Crippen molar-refractivity contribution in [3.63, 3.8) is 0 Å². The molecular weight excluding hydrogens is 273 g/mol. The van der Waals surface area contributed by atoms with Gasteiger partial charge in [0.05, 0.1) is 5.02 Å². The van der Waals surface area contributed by atoms with E-state index in [1.807, 2.05) is 0 Å². The van der Waals surface area contributed by atoms with Gasteiger partial charge in [-0.2, -0.15) is 13.2 Å². The fourth-order valence-corrected chi connectivity index (χ4v) is 1.31. The molecule has 0 aliphatic heterocycles. The molecule has 18 heavy (non-hydrogen) atoms. The van der Waals surface area contributed by atoms with Crippen molar-refractivity contribution in [3.05, 3.63) is 34.9 Å². The number of hydrogen-bond donors (Lipinski definition) is 1. The first-order valence-electron chi connectivity index (χ1n) is 4.68. The molecule has 7 heteroatoms. The molecule has 3 nitrogen and oxygen atoms in total. The van der Waals surface area contributed by atoms with E-state index in [9.17, 15) is 18.0 Å². The Morgan fingerprint density at radius 2 is 2.11 bits per heavy atom. The SMILES string of the molecule is O=C(O)C=Cc1ccc(OCC(F)(F)F)c(Cl)c1. The van der Waals surface area contributed by atoms with E-state index in [4.69, 9.17) is 16.7 Å². The van der Waals surface area contributed by atoms with Gasteiger partial charge in [0.2, 0.25) is 0 Å². The summed E-state index contributed by atoms with van der Waals surface area (Å²) in [5.74, 6) is -1.25. The number of halogens is 4. The zero-order valence-corrected chi connectivity index (χ0v) is 9.63. The smallest absolute Gasteiger partial charge is 0.422 e. The summed E-state index contributed by atoms with van der Waals surface area (Å²) in [6.07, 6.45) is -2.28. The monoisotopic (exact) mass is 280 g/mol. The maximum Gasteiger partial charge on any atom is 0.422 e. The first-order chi connectivity index (χ1) is 8.28. The number of alkyl halides is 3. The van der Waals surface area contributed by atoms with Gasteiger partial charge < -0.3 is 9.84 Å². The lowest BCUT2D eigenvalue weighted by Gasteiger charge is -2.10. The van der Waals surface area contributed by atoms with Gasteiger partial charge in [-0.3, -0.25) is 0 Å². The number of hydrogen-bond acceptors (Lipinski definition) is 2. The molecule has 1 aromatic rings. The molecule has 1 N–H and O–H groups in total. The molecule has 0 aliphatic rings. The van der Waals surface area contributed by atoms with Crippen LogP contribution in [0.5, 0.6) is 5.75 Å². The minimum absolute atomic E-state index is 0.0215. The highest BCUT2D eigenvalue weighted by atomic mass is 35.5. The molecular formula is C11H8ClF3O3. The van der Waals surface area contributed by atoms with Crippen LogP contribution in [0.25, 0.3) is 6.08 Å². The van der Waals surface area contributed by atoms with Crippen LogP contribution >= 0.6 is 11.6 Å². The van der Waals surface area contributed by atoms with E-state index in [2.05, 4.69) is 4.74 Å². The minimum Gasteiger partial charge on any atom is -0.483 e. The van der Waals surface area contributed by atoms with Gasteiger partial charge in [-0.05, 0) is 23.8 Å². The van der Waals surface area contributed by atoms with E-state index in [1.54, 1.807) is 0 Å². The predicted octanol–water partition coefficient (Wildman–Crippen LogP) is 3.38. The number of benzene rings is 1. The normalized spacial score (nSPS) is 11.8. The Morgan fingerprint density at radius 3 is 2.61 bits per heavy atom. The molecule has 0 spiro atoms. The average Bonchev–Trinajstić information content (AvgIpc) is 2.23. The summed E-state index contributed by atoms with van der Waals surface area (Å²) in [5.41, 5.74) is 0.446. The van der Waals surface area contributed by atoms with Crippen LogP contribution in [0.1, 0.15) is 5.56 Å². The van der Waals surface area contributed by atoms with Crippen LogP contribution in [0.4, 0.5) is 13.2 Å². The van der Waals surface area contributed by atoms with E-state index >= 15 is 0 Å². The zero-order chi connectivity index (χ0) is 13.8. The van der Waals surface area contributed by atoms with E-state index in [0.29, 0.717) is 5.56 Å². The first kappa shape index (κ1) is 14.4. The highest BCUT2D eigenvalue weighted by molar-refractivity contribution is 6.32. The number of ether oxygens (including phenoxy) is 1. The van der Waals surface area contributed by atoms with Gasteiger partial charge in [0, 0.05) is 6.08 Å². The molecule has 0 bridgehead atoms. The second-order valence-electron chi connectivity index (χ2n) is 3.27. The van der Waals surface area contributed by atoms with Crippen molar-refractivity contribution >= 4 is 23.6 Å². The number of aliphatic carboxylic acids is 1. The van der Waals surface area contributed by atoms with Crippen LogP contribution in [0.2, 0.25) is 5.02 Å². The number of rotatable bonds is 4. The molecule has 0 aromatic heterocycles. The Kier molecular flexibility index (Phi) is 4.61. The molecule has 0 unspecified atom stereocenters. The average molecular weight is 281 g/mol. The third kappa shape index (κ3) is 5.09. The lowest BCUT2D eigenvalue weighted by atomic mass is 10.2. The highest BCUT2D eigenvalue weighted by Gasteiger charge is 2.28. The summed E-state index contributed by atoms with van der Waals surface area (Å²) in [6, 6.07) is 3.96. The lowest BCUT2D eigenvalue weighted by molar-refractivity contribution is -0.153. The zero-order valence-electron chi connectivity index (χ0n) is 8.87. The summed E-state index contributed by atoms with van der Waals surface area (Å²) in [6.45, 7) is -1.43. The minimum atomic E-state index is -4.44. The van der Waals surface area contributed by atoms with Crippen LogP contribution < -0.4 is 4.74 Å². The Bertz CT molecular complexity index is 469. The van der Waals surface area contributed by atoms with E-state index < -0.39 is 18.8 Å². The first-order valence-corrected chi connectivity index (χ1v) is 5.06. The maximum atomic E-state index is 11.9. The number of carbonyl (C=O) groups is 1. The molecule has 0 amide bonds. The van der Waals surface area contributed by atoms with Crippen LogP contribution in [-0.4, -0.2) is 23.9 Å². The van der Waals surface area contributed by atoms with E-state index in [0.717, 1.165) is 6.08 Å². The molecule has 0 aliphatic carbocycles. The summed E-state index contributed by atoms with van der Waals surface area (Å²) in [5, 5.41) is 8.38. The van der Waals surface area contributed by atoms with Crippen LogP contribution in [0.15, 0.2) is 24.3 Å². The van der Waals surface area contributed by atoms with Gasteiger partial charge in [0.15, 0.2) is 6.61 Å². The summed E-state index contributed by atoms with van der Waals surface area (Å²) in [4.78, 5) is 10.3. The van der Waals surface area contributed by atoms with Gasteiger partial charge in [-0.1, -0.05) is 17.7 Å². The van der Waals surface area contributed by atoms with E-state index in [1.165, 1.54) is 24.3 Å². The van der Waals surface area contributed by atoms with Crippen molar-refractivity contribution in [2.75, 3.05) is 6.61 Å². The third-order valence-corrected chi connectivity index (χ3v) is 2.06. The molecule has 1 aromatic carbocycles. The number of carboxylic acids is 1. The van der Waals surface area contributed by atoms with Crippen LogP contribution in [0.3, 0.4) is 0 Å². The standard InChI is InChI=1S/C11H8ClF3O3/c12-8-5-7(2-4-10(16)17)1-3-9(8)18-6-11(13,14)15/h1-5H,6H2,(H,16,17). The molecule has 0 saturated heterocycles. The van der Waals surface area contributed by atoms with Crippen molar-refractivity contribution in [2.24, 2.45) is 0 Å². The van der Waals surface area contributed by atoms with Crippen LogP contribution in [-0.2, 0) is 4.79 Å². The Labute approximate surface area is 105 Å². The molecule has 1 rings (SSSR count). The summed E-state index contributed by atoms with van der Waals surface area (Å²) in [7, 11) is 0. The van der Waals surface area contributed by atoms with E-state index in [-0.39, 0.29) is 10.8 Å². The molecule has 0 heterocycles. The summed E-state index contributed by atoms with van der Waals surface area (Å²) >= 11 is 5.70. The third-order valence-electron chi connectivity index (χ3n) is 1.77. The fourth-order valence-electron chi connectivity index (χ4n) is 1.06. The largest absolute Gasteiger partial charge is 0.483 e. The van der Waals surface area contributed by atoms with Gasteiger partial charge >= 0.3 is 12.1 Å². The fraction of sp³-hybridized carbons (Fsp3) is 0.182. The van der Waals surface area contributed by atoms with Crippen molar-refractivity contribution < 1.29 is 27.8 Å². The Morgan fingerprint density at radius 1 is 1.44 bits per heavy atom. The molecule has 0 fully saturated rings. The Hall–Kier alpha value is -1.69. The van der Waals surface area contributed by atoms with Crippen molar-refractivity contribution in [1.29, 1.82) is 0 Å². The van der Waals surface area contributed by atoms with Crippen molar-refractivity contribution in [3.8, 4) is 5.75 Å². The highest BCUT2D eigenvalue weighted by Crippen LogP contribution is 2.27. The quantitative estimate of drug-likeness (QED) is 0.860. The second-order valence-corrected chi connectivity index (χ2v) is 3.67. The maximum absolute atomic E-state index is 11.9.